The molecule has 0 bridgehead atoms. The van der Waals surface area contributed by atoms with Crippen molar-refractivity contribution in [1.82, 2.24) is 4.90 Å². The molecule has 86 valence electrons. The Bertz CT molecular complexity index is 252. The number of carboxylic acids is 1. The summed E-state index contributed by atoms with van der Waals surface area (Å²) in [5, 5.41) is 9.00. The summed E-state index contributed by atoms with van der Waals surface area (Å²) < 4.78 is 0. The lowest BCUT2D eigenvalue weighted by Gasteiger charge is -2.25. The number of aliphatic carboxylic acids is 1. The average molecular weight is 213 g/mol. The van der Waals surface area contributed by atoms with Crippen molar-refractivity contribution < 1.29 is 14.7 Å². The summed E-state index contributed by atoms with van der Waals surface area (Å²) in [4.78, 5) is 24.3. The Morgan fingerprint density at radius 2 is 2.20 bits per heavy atom. The van der Waals surface area contributed by atoms with Gasteiger partial charge in [0.25, 0.3) is 0 Å². The second kappa shape index (κ2) is 5.14. The van der Waals surface area contributed by atoms with Crippen molar-refractivity contribution in [2.45, 2.75) is 45.6 Å². The summed E-state index contributed by atoms with van der Waals surface area (Å²) in [5.74, 6) is -1.34. The van der Waals surface area contributed by atoms with E-state index in [-0.39, 0.29) is 18.4 Å². The second-order valence-corrected chi connectivity index (χ2v) is 4.07. The molecule has 1 heterocycles. The first-order valence-electron chi connectivity index (χ1n) is 5.64. The van der Waals surface area contributed by atoms with Crippen molar-refractivity contribution in [2.75, 3.05) is 6.54 Å². The van der Waals surface area contributed by atoms with Crippen LogP contribution in [0.2, 0.25) is 0 Å². The summed E-state index contributed by atoms with van der Waals surface area (Å²) in [5.41, 5.74) is 0. The number of carbonyl (C=O) groups is 2. The summed E-state index contributed by atoms with van der Waals surface area (Å²) in [6.45, 7) is 4.71. The van der Waals surface area contributed by atoms with Gasteiger partial charge in [-0.25, -0.2) is 0 Å². The SMILES string of the molecule is CCCCN1C(=O)C[C@@H](C(=O)O)[C@H]1CC. The fourth-order valence-corrected chi connectivity index (χ4v) is 2.22. The smallest absolute Gasteiger partial charge is 0.309 e. The molecule has 0 aromatic carbocycles. The van der Waals surface area contributed by atoms with E-state index < -0.39 is 11.9 Å². The van der Waals surface area contributed by atoms with E-state index in [2.05, 4.69) is 6.92 Å². The van der Waals surface area contributed by atoms with Crippen molar-refractivity contribution in [3.63, 3.8) is 0 Å². The fraction of sp³-hybridized carbons (Fsp3) is 0.818. The van der Waals surface area contributed by atoms with E-state index in [0.29, 0.717) is 6.54 Å². The molecule has 0 unspecified atom stereocenters. The molecule has 0 aromatic rings. The number of carboxylic acid groups (broad SMARTS) is 1. The van der Waals surface area contributed by atoms with Crippen molar-refractivity contribution >= 4 is 11.9 Å². The summed E-state index contributed by atoms with van der Waals surface area (Å²) in [6.07, 6.45) is 2.89. The Balaban J connectivity index is 2.69. The molecule has 1 fully saturated rings. The number of likely N-dealkylation sites (tertiary alicyclic amines) is 1. The Hall–Kier alpha value is -1.06. The van der Waals surface area contributed by atoms with Gasteiger partial charge in [0.2, 0.25) is 5.91 Å². The zero-order valence-corrected chi connectivity index (χ0v) is 9.40. The molecule has 4 heteroatoms. The van der Waals surface area contributed by atoms with Crippen molar-refractivity contribution in [3.05, 3.63) is 0 Å². The first kappa shape index (κ1) is 12.0. The molecule has 1 aliphatic heterocycles. The van der Waals surface area contributed by atoms with Crippen LogP contribution >= 0.6 is 0 Å². The number of unbranched alkanes of at least 4 members (excludes halogenated alkanes) is 1. The van der Waals surface area contributed by atoms with Gasteiger partial charge in [0.1, 0.15) is 0 Å². The van der Waals surface area contributed by atoms with Crippen molar-refractivity contribution in [1.29, 1.82) is 0 Å². The summed E-state index contributed by atoms with van der Waals surface area (Å²) in [7, 11) is 0. The molecule has 0 radical (unpaired) electrons. The molecule has 0 aliphatic carbocycles. The van der Waals surface area contributed by atoms with Gasteiger partial charge in [0.05, 0.1) is 5.92 Å². The van der Waals surface area contributed by atoms with Gasteiger partial charge in [-0.3, -0.25) is 9.59 Å². The number of rotatable bonds is 5. The van der Waals surface area contributed by atoms with Crippen LogP contribution in [0.3, 0.4) is 0 Å². The monoisotopic (exact) mass is 213 g/mol. The summed E-state index contributed by atoms with van der Waals surface area (Å²) >= 11 is 0. The number of hydrogen-bond donors (Lipinski definition) is 1. The Kier molecular flexibility index (Phi) is 4.12. The largest absolute Gasteiger partial charge is 0.481 e. The molecule has 1 saturated heterocycles. The molecular formula is C11H19NO3. The molecule has 1 amide bonds. The number of amides is 1. The van der Waals surface area contributed by atoms with Crippen LogP contribution in [-0.4, -0.2) is 34.5 Å². The van der Waals surface area contributed by atoms with E-state index in [9.17, 15) is 9.59 Å². The first-order chi connectivity index (χ1) is 7.11. The van der Waals surface area contributed by atoms with Crippen molar-refractivity contribution in [3.8, 4) is 0 Å². The Morgan fingerprint density at radius 3 is 2.67 bits per heavy atom. The topological polar surface area (TPSA) is 57.6 Å². The molecule has 4 nitrogen and oxygen atoms in total. The average Bonchev–Trinajstić information content (AvgIpc) is 2.52. The van der Waals surface area contributed by atoms with E-state index in [4.69, 9.17) is 5.11 Å². The third kappa shape index (κ3) is 2.49. The quantitative estimate of drug-likeness (QED) is 0.753. The van der Waals surface area contributed by atoms with E-state index in [0.717, 1.165) is 19.3 Å². The lowest BCUT2D eigenvalue weighted by Crippen LogP contribution is -2.37. The van der Waals surface area contributed by atoms with Crippen LogP contribution in [0.5, 0.6) is 0 Å². The highest BCUT2D eigenvalue weighted by atomic mass is 16.4. The minimum Gasteiger partial charge on any atom is -0.481 e. The first-order valence-corrected chi connectivity index (χ1v) is 5.64. The number of nitrogens with zero attached hydrogens (tertiary/aromatic N) is 1. The molecule has 1 rings (SSSR count). The highest BCUT2D eigenvalue weighted by molar-refractivity contribution is 5.86. The van der Waals surface area contributed by atoms with Crippen LogP contribution in [0, 0.1) is 5.92 Å². The molecule has 1 aliphatic rings. The highest BCUT2D eigenvalue weighted by Crippen LogP contribution is 2.28. The van der Waals surface area contributed by atoms with Crippen LogP contribution in [0.15, 0.2) is 0 Å². The van der Waals surface area contributed by atoms with Crippen LogP contribution < -0.4 is 0 Å². The van der Waals surface area contributed by atoms with Gasteiger partial charge in [-0.15, -0.1) is 0 Å². The van der Waals surface area contributed by atoms with Gasteiger partial charge in [-0.1, -0.05) is 20.3 Å². The van der Waals surface area contributed by atoms with Crippen LogP contribution in [-0.2, 0) is 9.59 Å². The molecule has 0 spiro atoms. The van der Waals surface area contributed by atoms with Gasteiger partial charge >= 0.3 is 5.97 Å². The van der Waals surface area contributed by atoms with E-state index in [1.807, 2.05) is 6.92 Å². The van der Waals surface area contributed by atoms with E-state index in [1.165, 1.54) is 0 Å². The maximum absolute atomic E-state index is 11.6. The molecular weight excluding hydrogens is 194 g/mol. The van der Waals surface area contributed by atoms with Gasteiger partial charge < -0.3 is 10.0 Å². The third-order valence-corrected chi connectivity index (χ3v) is 3.07. The predicted molar refractivity (Wildman–Crippen MR) is 56.4 cm³/mol. The van der Waals surface area contributed by atoms with Gasteiger partial charge in [0.15, 0.2) is 0 Å². The summed E-state index contributed by atoms with van der Waals surface area (Å²) in [6, 6.07) is -0.0958. The maximum atomic E-state index is 11.6. The van der Waals surface area contributed by atoms with Crippen LogP contribution in [0.25, 0.3) is 0 Å². The zero-order valence-electron chi connectivity index (χ0n) is 9.40. The van der Waals surface area contributed by atoms with Gasteiger partial charge in [-0.2, -0.15) is 0 Å². The standard InChI is InChI=1S/C11H19NO3/c1-3-5-6-12-9(4-2)8(11(14)15)7-10(12)13/h8-9H,3-7H2,1-2H3,(H,14,15)/t8-,9-/m1/s1. The van der Waals surface area contributed by atoms with E-state index >= 15 is 0 Å². The highest BCUT2D eigenvalue weighted by Gasteiger charge is 2.42. The third-order valence-electron chi connectivity index (χ3n) is 3.07. The maximum Gasteiger partial charge on any atom is 0.309 e. The minimum atomic E-state index is -0.839. The Labute approximate surface area is 90.3 Å². The van der Waals surface area contributed by atoms with Crippen LogP contribution in [0.1, 0.15) is 39.5 Å². The predicted octanol–water partition coefficient (Wildman–Crippen LogP) is 1.50. The lowest BCUT2D eigenvalue weighted by molar-refractivity contribution is -0.142. The number of hydrogen-bond acceptors (Lipinski definition) is 2. The van der Waals surface area contributed by atoms with E-state index in [1.54, 1.807) is 4.90 Å². The van der Waals surface area contributed by atoms with Gasteiger partial charge in [0, 0.05) is 19.0 Å². The van der Waals surface area contributed by atoms with Crippen LogP contribution in [0.4, 0.5) is 0 Å². The number of carbonyl (C=O) groups excluding carboxylic acids is 1. The molecule has 15 heavy (non-hydrogen) atoms. The molecule has 0 saturated carbocycles. The minimum absolute atomic E-state index is 0.00250. The Morgan fingerprint density at radius 1 is 1.53 bits per heavy atom. The lowest BCUT2D eigenvalue weighted by atomic mass is 9.98. The normalized spacial score (nSPS) is 26.0. The zero-order chi connectivity index (χ0) is 11.4. The van der Waals surface area contributed by atoms with Crippen molar-refractivity contribution in [2.24, 2.45) is 5.92 Å². The molecule has 2 atom stereocenters. The fourth-order valence-electron chi connectivity index (χ4n) is 2.22. The van der Waals surface area contributed by atoms with Gasteiger partial charge in [-0.05, 0) is 12.8 Å². The molecule has 1 N–H and O–H groups in total. The molecule has 0 aromatic heterocycles. The second-order valence-electron chi connectivity index (χ2n) is 4.07.